The van der Waals surface area contributed by atoms with Gasteiger partial charge in [0.05, 0.1) is 17.5 Å². The van der Waals surface area contributed by atoms with Crippen molar-refractivity contribution in [1.29, 1.82) is 5.26 Å². The highest BCUT2D eigenvalue weighted by Crippen LogP contribution is 2.34. The Balaban J connectivity index is 1.44. The topological polar surface area (TPSA) is 39.7 Å². The molecule has 0 saturated carbocycles. The second-order valence-electron chi connectivity index (χ2n) is 9.09. The quantitative estimate of drug-likeness (QED) is 0.294. The number of pyridine rings is 1. The first-order valence-corrected chi connectivity index (χ1v) is 12.1. The Morgan fingerprint density at radius 3 is 2.11 bits per heavy atom. The predicted molar refractivity (Wildman–Crippen MR) is 144 cm³/mol. The zero-order valence-electron chi connectivity index (χ0n) is 19.5. The lowest BCUT2D eigenvalue weighted by molar-refractivity contribution is 1.03. The van der Waals surface area contributed by atoms with Crippen LogP contribution < -0.4 is 4.90 Å². The normalized spacial score (nSPS) is 14.7. The maximum absolute atomic E-state index is 9.44. The molecule has 0 N–H and O–H groups in total. The molecule has 1 fully saturated rings. The van der Waals surface area contributed by atoms with Crippen LogP contribution in [0.2, 0.25) is 0 Å². The molecule has 1 aliphatic carbocycles. The van der Waals surface area contributed by atoms with Gasteiger partial charge in [-0.2, -0.15) is 5.26 Å². The zero-order valence-corrected chi connectivity index (χ0v) is 19.5. The molecule has 4 aromatic rings. The molecule has 3 aromatic carbocycles. The third kappa shape index (κ3) is 4.52. The Morgan fingerprint density at radius 2 is 1.37 bits per heavy atom. The van der Waals surface area contributed by atoms with Crippen molar-refractivity contribution >= 4 is 11.3 Å². The molecule has 3 nitrogen and oxygen atoms in total. The van der Waals surface area contributed by atoms with Gasteiger partial charge in [0.1, 0.15) is 0 Å². The molecule has 0 atom stereocenters. The van der Waals surface area contributed by atoms with Crippen molar-refractivity contribution in [1.82, 2.24) is 4.98 Å². The minimum Gasteiger partial charge on any atom is -0.368 e. The van der Waals surface area contributed by atoms with E-state index >= 15 is 0 Å². The molecule has 1 aromatic heterocycles. The molecule has 168 valence electrons. The van der Waals surface area contributed by atoms with Gasteiger partial charge in [0.25, 0.3) is 0 Å². The smallest absolute Gasteiger partial charge is 0.0988 e. The molecular formula is C32H25N3. The van der Waals surface area contributed by atoms with E-state index in [-0.39, 0.29) is 0 Å². The number of nitriles is 1. The maximum atomic E-state index is 9.44. The van der Waals surface area contributed by atoms with Crippen molar-refractivity contribution in [3.05, 3.63) is 114 Å². The second-order valence-corrected chi connectivity index (χ2v) is 9.09. The lowest BCUT2D eigenvalue weighted by atomic mass is 9.94. The van der Waals surface area contributed by atoms with Gasteiger partial charge in [0.2, 0.25) is 0 Å². The summed E-state index contributed by atoms with van der Waals surface area (Å²) in [6, 6.07) is 34.5. The summed E-state index contributed by atoms with van der Waals surface area (Å²) < 4.78 is 0. The number of allylic oxidation sites excluding steroid dienone is 4. The van der Waals surface area contributed by atoms with Crippen LogP contribution in [-0.4, -0.2) is 18.1 Å². The van der Waals surface area contributed by atoms with E-state index in [0.29, 0.717) is 0 Å². The largest absolute Gasteiger partial charge is 0.368 e. The highest BCUT2D eigenvalue weighted by atomic mass is 15.3. The lowest BCUT2D eigenvalue weighted by Crippen LogP contribution is -1.98. The van der Waals surface area contributed by atoms with E-state index in [0.717, 1.165) is 65.2 Å². The summed E-state index contributed by atoms with van der Waals surface area (Å²) >= 11 is 0. The first-order chi connectivity index (χ1) is 17.3. The van der Waals surface area contributed by atoms with Gasteiger partial charge in [-0.1, -0.05) is 72.8 Å². The van der Waals surface area contributed by atoms with E-state index in [2.05, 4.69) is 95.9 Å². The van der Waals surface area contributed by atoms with Crippen LogP contribution in [0, 0.1) is 11.3 Å². The summed E-state index contributed by atoms with van der Waals surface area (Å²) in [6.45, 7) is 2.23. The maximum Gasteiger partial charge on any atom is 0.0988 e. The van der Waals surface area contributed by atoms with Gasteiger partial charge in [-0.15, -0.1) is 0 Å². The number of aromatic nitrogens is 1. The van der Waals surface area contributed by atoms with Gasteiger partial charge in [0.15, 0.2) is 0 Å². The van der Waals surface area contributed by atoms with Crippen LogP contribution in [-0.2, 0) is 0 Å². The van der Waals surface area contributed by atoms with E-state index in [1.54, 1.807) is 0 Å². The summed E-state index contributed by atoms with van der Waals surface area (Å²) in [5.74, 6) is 0. The molecule has 3 heteroatoms. The van der Waals surface area contributed by atoms with E-state index in [9.17, 15) is 5.26 Å². The molecule has 0 bridgehead atoms. The Morgan fingerprint density at radius 1 is 0.686 bits per heavy atom. The fourth-order valence-corrected chi connectivity index (χ4v) is 4.65. The molecule has 0 amide bonds. The highest BCUT2D eigenvalue weighted by Gasteiger charge is 2.19. The molecule has 1 saturated heterocycles. The third-order valence-corrected chi connectivity index (χ3v) is 6.67. The fraction of sp³-hybridized carbons (Fsp3) is 0.125. The number of benzene rings is 3. The minimum atomic E-state index is 0.718. The molecule has 0 radical (unpaired) electrons. The van der Waals surface area contributed by atoms with Crippen molar-refractivity contribution in [2.45, 2.75) is 12.8 Å². The van der Waals surface area contributed by atoms with Crippen LogP contribution in [0.15, 0.2) is 109 Å². The zero-order chi connectivity index (χ0) is 23.6. The molecular weight excluding hydrogens is 426 g/mol. The molecule has 2 aliphatic rings. The van der Waals surface area contributed by atoms with Crippen molar-refractivity contribution in [3.63, 3.8) is 0 Å². The van der Waals surface area contributed by atoms with Gasteiger partial charge in [-0.25, -0.2) is 4.98 Å². The number of hydrogen-bond acceptors (Lipinski definition) is 3. The third-order valence-electron chi connectivity index (χ3n) is 6.67. The Hall–Kier alpha value is -4.42. The Kier molecular flexibility index (Phi) is 5.48. The van der Waals surface area contributed by atoms with Crippen LogP contribution in [0.4, 0.5) is 5.69 Å². The summed E-state index contributed by atoms with van der Waals surface area (Å²) in [7, 11) is 0. The van der Waals surface area contributed by atoms with E-state index < -0.39 is 0 Å². The van der Waals surface area contributed by atoms with Crippen LogP contribution >= 0.6 is 0 Å². The van der Waals surface area contributed by atoms with Crippen LogP contribution in [0.5, 0.6) is 0 Å². The SMILES string of the molecule is N#CC1=CCCC(c2cc(-c3ccc(-c4ccccc4)cc3)cc(-c3cccc(N4CC4)c3)n2)=C1. The summed E-state index contributed by atoms with van der Waals surface area (Å²) in [5.41, 5.74) is 10.8. The van der Waals surface area contributed by atoms with Gasteiger partial charge >= 0.3 is 0 Å². The molecule has 6 rings (SSSR count). The van der Waals surface area contributed by atoms with Gasteiger partial charge in [-0.05, 0) is 71.0 Å². The minimum absolute atomic E-state index is 0.718. The van der Waals surface area contributed by atoms with Crippen LogP contribution in [0.1, 0.15) is 18.5 Å². The molecule has 35 heavy (non-hydrogen) atoms. The number of rotatable bonds is 5. The van der Waals surface area contributed by atoms with Crippen molar-refractivity contribution in [2.24, 2.45) is 0 Å². The Labute approximate surface area is 206 Å². The molecule has 1 aliphatic heterocycles. The fourth-order valence-electron chi connectivity index (χ4n) is 4.65. The van der Waals surface area contributed by atoms with Gasteiger partial charge in [0, 0.05) is 29.9 Å². The van der Waals surface area contributed by atoms with E-state index in [1.165, 1.54) is 16.8 Å². The molecule has 2 heterocycles. The molecule has 0 unspecified atom stereocenters. The number of nitrogens with zero attached hydrogens (tertiary/aromatic N) is 3. The predicted octanol–water partition coefficient (Wildman–Crippen LogP) is 7.53. The van der Waals surface area contributed by atoms with Gasteiger partial charge in [-0.3, -0.25) is 0 Å². The summed E-state index contributed by atoms with van der Waals surface area (Å²) in [6.07, 6.45) is 5.75. The Bertz CT molecular complexity index is 1480. The standard InChI is InChI=1S/C32H25N3/c33-22-23-6-4-9-27(18-23)31-20-29(26-14-12-25(13-15-26)24-7-2-1-3-8-24)21-32(34-31)28-10-5-11-30(19-28)35-16-17-35/h1-3,5-8,10-15,18-21H,4,9,16-17H2. The summed E-state index contributed by atoms with van der Waals surface area (Å²) in [5, 5.41) is 9.44. The average Bonchev–Trinajstić information content (AvgIpc) is 3.79. The monoisotopic (exact) mass is 451 g/mol. The van der Waals surface area contributed by atoms with Crippen molar-refractivity contribution < 1.29 is 0 Å². The number of hydrogen-bond donors (Lipinski definition) is 0. The van der Waals surface area contributed by atoms with Gasteiger partial charge < -0.3 is 4.90 Å². The first-order valence-electron chi connectivity index (χ1n) is 12.1. The van der Waals surface area contributed by atoms with Crippen molar-refractivity contribution in [3.8, 4) is 39.6 Å². The van der Waals surface area contributed by atoms with Crippen molar-refractivity contribution in [2.75, 3.05) is 18.0 Å². The first kappa shape index (κ1) is 21.1. The number of anilines is 1. The van der Waals surface area contributed by atoms with Crippen LogP contribution in [0.3, 0.4) is 0 Å². The lowest BCUT2D eigenvalue weighted by Gasteiger charge is -2.15. The molecule has 0 spiro atoms. The van der Waals surface area contributed by atoms with E-state index in [1.807, 2.05) is 18.2 Å². The average molecular weight is 452 g/mol. The second kappa shape index (κ2) is 9.08. The van der Waals surface area contributed by atoms with E-state index in [4.69, 9.17) is 4.98 Å². The summed E-state index contributed by atoms with van der Waals surface area (Å²) in [4.78, 5) is 7.44. The van der Waals surface area contributed by atoms with Crippen LogP contribution in [0.25, 0.3) is 39.1 Å². The highest BCUT2D eigenvalue weighted by molar-refractivity contribution is 5.79.